The number of nitrogens with two attached hydrogens (primary N) is 1. The maximum Gasteiger partial charge on any atom is 0.416 e. The van der Waals surface area contributed by atoms with Crippen molar-refractivity contribution < 1.29 is 18.0 Å². The molecule has 0 spiro atoms. The minimum Gasteiger partial charge on any atom is -0.350 e. The highest BCUT2D eigenvalue weighted by Gasteiger charge is 2.30. The van der Waals surface area contributed by atoms with Gasteiger partial charge in [-0.15, -0.1) is 0 Å². The third-order valence-electron chi connectivity index (χ3n) is 3.39. The number of carbonyl (C=O) groups is 1. The largest absolute Gasteiger partial charge is 0.416 e. The first-order chi connectivity index (χ1) is 9.61. The predicted molar refractivity (Wildman–Crippen MR) is 75.4 cm³/mol. The van der Waals surface area contributed by atoms with Crippen LogP contribution in [0.3, 0.4) is 0 Å². The van der Waals surface area contributed by atoms with Crippen LogP contribution in [0, 0.1) is 5.92 Å². The van der Waals surface area contributed by atoms with Crippen LogP contribution in [-0.2, 0) is 11.0 Å². The number of hydrogen-bond donors (Lipinski definition) is 2. The van der Waals surface area contributed by atoms with E-state index >= 15 is 0 Å². The summed E-state index contributed by atoms with van der Waals surface area (Å²) in [5, 5.41) is 2.74. The zero-order chi connectivity index (χ0) is 16.2. The summed E-state index contributed by atoms with van der Waals surface area (Å²) >= 11 is 0. The summed E-state index contributed by atoms with van der Waals surface area (Å²) in [4.78, 5) is 11.8. The van der Waals surface area contributed by atoms with Crippen LogP contribution in [0.4, 0.5) is 13.2 Å². The van der Waals surface area contributed by atoms with Crippen LogP contribution in [0.1, 0.15) is 44.4 Å². The summed E-state index contributed by atoms with van der Waals surface area (Å²) in [5.74, 6) is -0.0132. The molecule has 3 nitrogen and oxygen atoms in total. The molecule has 0 bridgehead atoms. The lowest BCUT2D eigenvalue weighted by Gasteiger charge is -2.19. The van der Waals surface area contributed by atoms with Crippen molar-refractivity contribution in [2.75, 3.05) is 0 Å². The maximum absolute atomic E-state index is 12.5. The van der Waals surface area contributed by atoms with Crippen LogP contribution in [0.25, 0.3) is 0 Å². The second kappa shape index (κ2) is 6.93. The molecule has 1 aromatic rings. The molecule has 0 saturated carbocycles. The smallest absolute Gasteiger partial charge is 0.350 e. The van der Waals surface area contributed by atoms with Crippen LogP contribution < -0.4 is 11.1 Å². The van der Waals surface area contributed by atoms with Gasteiger partial charge in [0.2, 0.25) is 5.91 Å². The van der Waals surface area contributed by atoms with Crippen molar-refractivity contribution in [1.29, 1.82) is 0 Å². The topological polar surface area (TPSA) is 55.1 Å². The Bertz CT molecular complexity index is 469. The Morgan fingerprint density at radius 3 is 2.14 bits per heavy atom. The normalized spacial score (nSPS) is 14.9. The third-order valence-corrected chi connectivity index (χ3v) is 3.39. The van der Waals surface area contributed by atoms with Crippen LogP contribution >= 0.6 is 0 Å². The molecule has 0 heterocycles. The first-order valence-electron chi connectivity index (χ1n) is 6.83. The van der Waals surface area contributed by atoms with Gasteiger partial charge in [-0.1, -0.05) is 26.0 Å². The number of rotatable bonds is 5. The Kier molecular flexibility index (Phi) is 5.78. The molecule has 0 fully saturated rings. The van der Waals surface area contributed by atoms with Crippen LogP contribution in [0.5, 0.6) is 0 Å². The molecule has 118 valence electrons. The number of amides is 1. The highest BCUT2D eigenvalue weighted by Crippen LogP contribution is 2.29. The summed E-state index contributed by atoms with van der Waals surface area (Å²) in [6, 6.07) is 4.17. The van der Waals surface area contributed by atoms with Gasteiger partial charge in [0.25, 0.3) is 0 Å². The summed E-state index contributed by atoms with van der Waals surface area (Å²) in [5.41, 5.74) is 5.73. The first kappa shape index (κ1) is 17.5. The monoisotopic (exact) mass is 302 g/mol. The van der Waals surface area contributed by atoms with E-state index in [9.17, 15) is 18.0 Å². The average molecular weight is 302 g/mol. The van der Waals surface area contributed by atoms with Gasteiger partial charge in [0, 0.05) is 12.5 Å². The van der Waals surface area contributed by atoms with Crippen molar-refractivity contribution in [3.05, 3.63) is 35.4 Å². The van der Waals surface area contributed by atoms with Crippen molar-refractivity contribution >= 4 is 5.91 Å². The zero-order valence-electron chi connectivity index (χ0n) is 12.4. The SMILES string of the molecule is CC(NC(=O)CC(N)C(C)C)c1ccc(C(F)(F)F)cc1. The summed E-state index contributed by atoms with van der Waals surface area (Å²) in [6.45, 7) is 5.58. The van der Waals surface area contributed by atoms with E-state index < -0.39 is 11.7 Å². The lowest BCUT2D eigenvalue weighted by molar-refractivity contribution is -0.137. The van der Waals surface area contributed by atoms with Crippen molar-refractivity contribution in [2.45, 2.75) is 45.5 Å². The molecule has 3 N–H and O–H groups in total. The molecule has 1 rings (SSSR count). The molecule has 0 aliphatic carbocycles. The second-order valence-corrected chi connectivity index (χ2v) is 5.52. The van der Waals surface area contributed by atoms with Gasteiger partial charge in [-0.05, 0) is 30.5 Å². The van der Waals surface area contributed by atoms with Gasteiger partial charge in [0.15, 0.2) is 0 Å². The van der Waals surface area contributed by atoms with Crippen molar-refractivity contribution in [3.63, 3.8) is 0 Å². The Labute approximate surface area is 122 Å². The van der Waals surface area contributed by atoms with Crippen molar-refractivity contribution in [1.82, 2.24) is 5.32 Å². The summed E-state index contributed by atoms with van der Waals surface area (Å²) in [6.07, 6.45) is -4.16. The molecule has 21 heavy (non-hydrogen) atoms. The van der Waals surface area contributed by atoms with Gasteiger partial charge < -0.3 is 11.1 Å². The molecule has 1 amide bonds. The summed E-state index contributed by atoms with van der Waals surface area (Å²) < 4.78 is 37.4. The number of nitrogens with one attached hydrogen (secondary N) is 1. The maximum atomic E-state index is 12.5. The van der Waals surface area contributed by atoms with E-state index in [4.69, 9.17) is 5.73 Å². The third kappa shape index (κ3) is 5.38. The number of alkyl halides is 3. The highest BCUT2D eigenvalue weighted by molar-refractivity contribution is 5.77. The molecule has 1 aromatic carbocycles. The molecule has 0 aliphatic rings. The van der Waals surface area contributed by atoms with E-state index in [1.165, 1.54) is 12.1 Å². The van der Waals surface area contributed by atoms with E-state index in [0.717, 1.165) is 12.1 Å². The van der Waals surface area contributed by atoms with Gasteiger partial charge in [-0.2, -0.15) is 13.2 Å². The number of halogens is 3. The van der Waals surface area contributed by atoms with E-state index in [-0.39, 0.29) is 30.3 Å². The minimum absolute atomic E-state index is 0.192. The quantitative estimate of drug-likeness (QED) is 0.877. The molecule has 6 heteroatoms. The average Bonchev–Trinajstić information content (AvgIpc) is 2.37. The minimum atomic E-state index is -4.35. The van der Waals surface area contributed by atoms with E-state index in [1.54, 1.807) is 6.92 Å². The predicted octanol–water partition coefficient (Wildman–Crippen LogP) is 3.26. The van der Waals surface area contributed by atoms with Gasteiger partial charge in [0.1, 0.15) is 0 Å². The van der Waals surface area contributed by atoms with Gasteiger partial charge in [-0.25, -0.2) is 0 Å². The molecular weight excluding hydrogens is 281 g/mol. The number of hydrogen-bond acceptors (Lipinski definition) is 2. The van der Waals surface area contributed by atoms with Gasteiger partial charge >= 0.3 is 6.18 Å². The van der Waals surface area contributed by atoms with Crippen LogP contribution in [0.2, 0.25) is 0 Å². The number of carbonyl (C=O) groups excluding carboxylic acids is 1. The Morgan fingerprint density at radius 1 is 1.19 bits per heavy atom. The van der Waals surface area contributed by atoms with Crippen LogP contribution in [-0.4, -0.2) is 11.9 Å². The fraction of sp³-hybridized carbons (Fsp3) is 0.533. The standard InChI is InChI=1S/C15H21F3N2O/c1-9(2)13(19)8-14(21)20-10(3)11-4-6-12(7-5-11)15(16,17)18/h4-7,9-10,13H,8,19H2,1-3H3,(H,20,21). The fourth-order valence-electron chi connectivity index (χ4n) is 1.79. The second-order valence-electron chi connectivity index (χ2n) is 5.52. The zero-order valence-corrected chi connectivity index (χ0v) is 12.4. The van der Waals surface area contributed by atoms with Gasteiger partial charge in [-0.3, -0.25) is 4.79 Å². The Balaban J connectivity index is 2.63. The number of benzene rings is 1. The van der Waals surface area contributed by atoms with E-state index in [2.05, 4.69) is 5.32 Å². The van der Waals surface area contributed by atoms with Gasteiger partial charge in [0.05, 0.1) is 11.6 Å². The fourth-order valence-corrected chi connectivity index (χ4v) is 1.79. The van der Waals surface area contributed by atoms with E-state index in [0.29, 0.717) is 5.56 Å². The molecule has 0 radical (unpaired) electrons. The molecule has 2 unspecified atom stereocenters. The lowest BCUT2D eigenvalue weighted by atomic mass is 10.0. The molecule has 0 aliphatic heterocycles. The lowest BCUT2D eigenvalue weighted by Crippen LogP contribution is -2.35. The van der Waals surface area contributed by atoms with E-state index in [1.807, 2.05) is 13.8 Å². The first-order valence-corrected chi connectivity index (χ1v) is 6.83. The Hall–Kier alpha value is -1.56. The van der Waals surface area contributed by atoms with Crippen molar-refractivity contribution in [3.8, 4) is 0 Å². The summed E-state index contributed by atoms with van der Waals surface area (Å²) in [7, 11) is 0. The van der Waals surface area contributed by atoms with Crippen molar-refractivity contribution in [2.24, 2.45) is 11.7 Å². The molecule has 2 atom stereocenters. The molecular formula is C15H21F3N2O. The highest BCUT2D eigenvalue weighted by atomic mass is 19.4. The molecule has 0 aromatic heterocycles. The molecule has 0 saturated heterocycles. The van der Waals surface area contributed by atoms with Crippen LogP contribution in [0.15, 0.2) is 24.3 Å². The Morgan fingerprint density at radius 2 is 1.71 bits per heavy atom.